The fourth-order valence-electron chi connectivity index (χ4n) is 2.02. The minimum absolute atomic E-state index is 0.108. The molecule has 0 unspecified atom stereocenters. The molecule has 0 saturated heterocycles. The summed E-state index contributed by atoms with van der Waals surface area (Å²) in [4.78, 5) is 8.57. The first-order chi connectivity index (χ1) is 8.33. The molecule has 0 amide bonds. The van der Waals surface area contributed by atoms with Crippen molar-refractivity contribution in [3.63, 3.8) is 0 Å². The SMILES string of the molecule is COc1c(O)c2cccnc2c2ncccc12. The fraction of sp³-hybridized carbons (Fsp3) is 0.0769. The van der Waals surface area contributed by atoms with E-state index >= 15 is 0 Å². The number of hydrogen-bond donors (Lipinski definition) is 1. The van der Waals surface area contributed by atoms with E-state index in [0.29, 0.717) is 16.7 Å². The predicted octanol–water partition coefficient (Wildman–Crippen LogP) is 2.50. The summed E-state index contributed by atoms with van der Waals surface area (Å²) in [6, 6.07) is 7.23. The zero-order chi connectivity index (χ0) is 11.8. The Kier molecular flexibility index (Phi) is 2.08. The van der Waals surface area contributed by atoms with Crippen molar-refractivity contribution in [3.05, 3.63) is 36.7 Å². The maximum atomic E-state index is 10.2. The second-order valence-corrected chi connectivity index (χ2v) is 3.68. The van der Waals surface area contributed by atoms with Crippen LogP contribution in [0.3, 0.4) is 0 Å². The molecule has 0 spiro atoms. The molecule has 3 aromatic rings. The number of aromatic hydroxyl groups is 1. The molecule has 0 bridgehead atoms. The van der Waals surface area contributed by atoms with Crippen molar-refractivity contribution in [2.24, 2.45) is 0 Å². The number of aromatic nitrogens is 2. The quantitative estimate of drug-likeness (QED) is 0.648. The van der Waals surface area contributed by atoms with Gasteiger partial charge in [0, 0.05) is 23.2 Å². The summed E-state index contributed by atoms with van der Waals surface area (Å²) >= 11 is 0. The molecular formula is C13H10N2O2. The van der Waals surface area contributed by atoms with Crippen LogP contribution in [0.25, 0.3) is 21.8 Å². The minimum atomic E-state index is 0.108. The number of ether oxygens (including phenoxy) is 1. The predicted molar refractivity (Wildman–Crippen MR) is 65.3 cm³/mol. The van der Waals surface area contributed by atoms with E-state index in [0.717, 1.165) is 10.9 Å². The number of benzene rings is 1. The van der Waals surface area contributed by atoms with Crippen LogP contribution < -0.4 is 4.74 Å². The van der Waals surface area contributed by atoms with Crippen molar-refractivity contribution in [1.29, 1.82) is 0 Å². The van der Waals surface area contributed by atoms with Crippen molar-refractivity contribution < 1.29 is 9.84 Å². The Bertz CT molecular complexity index is 710. The van der Waals surface area contributed by atoms with Crippen LogP contribution in [0.4, 0.5) is 0 Å². The molecular weight excluding hydrogens is 216 g/mol. The Labute approximate surface area is 97.5 Å². The second-order valence-electron chi connectivity index (χ2n) is 3.68. The molecule has 1 aromatic carbocycles. The van der Waals surface area contributed by atoms with Crippen LogP contribution in [0.2, 0.25) is 0 Å². The van der Waals surface area contributed by atoms with Gasteiger partial charge in [-0.25, -0.2) is 0 Å². The highest BCUT2D eigenvalue weighted by Crippen LogP contribution is 2.40. The third kappa shape index (κ3) is 1.30. The van der Waals surface area contributed by atoms with Gasteiger partial charge in [-0.15, -0.1) is 0 Å². The molecule has 0 atom stereocenters. The molecule has 0 aliphatic carbocycles. The van der Waals surface area contributed by atoms with Crippen molar-refractivity contribution in [1.82, 2.24) is 9.97 Å². The maximum Gasteiger partial charge on any atom is 0.170 e. The number of phenols is 1. The van der Waals surface area contributed by atoms with Gasteiger partial charge in [0.2, 0.25) is 0 Å². The molecule has 2 heterocycles. The van der Waals surface area contributed by atoms with E-state index < -0.39 is 0 Å². The van der Waals surface area contributed by atoms with Crippen LogP contribution in [0.5, 0.6) is 11.5 Å². The molecule has 2 aromatic heterocycles. The van der Waals surface area contributed by atoms with Gasteiger partial charge in [0.1, 0.15) is 11.0 Å². The summed E-state index contributed by atoms with van der Waals surface area (Å²) in [5.41, 5.74) is 1.42. The number of pyridine rings is 2. The van der Waals surface area contributed by atoms with E-state index in [4.69, 9.17) is 4.74 Å². The first kappa shape index (κ1) is 9.84. The average molecular weight is 226 g/mol. The van der Waals surface area contributed by atoms with Gasteiger partial charge in [-0.3, -0.25) is 9.97 Å². The number of hydrogen-bond acceptors (Lipinski definition) is 4. The molecule has 4 heteroatoms. The summed E-state index contributed by atoms with van der Waals surface area (Å²) in [6.45, 7) is 0. The molecule has 4 nitrogen and oxygen atoms in total. The largest absolute Gasteiger partial charge is 0.504 e. The minimum Gasteiger partial charge on any atom is -0.504 e. The van der Waals surface area contributed by atoms with Crippen molar-refractivity contribution in [3.8, 4) is 11.5 Å². The van der Waals surface area contributed by atoms with Crippen molar-refractivity contribution in [2.45, 2.75) is 0 Å². The van der Waals surface area contributed by atoms with Crippen LogP contribution >= 0.6 is 0 Å². The molecule has 1 N–H and O–H groups in total. The van der Waals surface area contributed by atoms with Crippen molar-refractivity contribution in [2.75, 3.05) is 7.11 Å². The monoisotopic (exact) mass is 226 g/mol. The molecule has 0 aliphatic heterocycles. The first-order valence-electron chi connectivity index (χ1n) is 5.21. The molecule has 0 fully saturated rings. The summed E-state index contributed by atoms with van der Waals surface area (Å²) in [5.74, 6) is 0.546. The van der Waals surface area contributed by atoms with Gasteiger partial charge in [-0.05, 0) is 24.3 Å². The van der Waals surface area contributed by atoms with Gasteiger partial charge >= 0.3 is 0 Å². The third-order valence-corrected chi connectivity index (χ3v) is 2.76. The lowest BCUT2D eigenvalue weighted by atomic mass is 10.1. The Balaban J connectivity index is 2.64. The second kappa shape index (κ2) is 3.59. The van der Waals surface area contributed by atoms with Crippen molar-refractivity contribution >= 4 is 21.8 Å². The molecule has 0 radical (unpaired) electrons. The Morgan fingerprint density at radius 1 is 1.00 bits per heavy atom. The highest BCUT2D eigenvalue weighted by molar-refractivity contribution is 6.09. The molecule has 84 valence electrons. The van der Waals surface area contributed by atoms with E-state index in [1.54, 1.807) is 30.6 Å². The standard InChI is InChI=1S/C13H10N2O2/c1-17-13-9-5-3-7-15-11(9)10-8(12(13)16)4-2-6-14-10/h2-7,16H,1H3. The Hall–Kier alpha value is -2.36. The summed E-state index contributed by atoms with van der Waals surface area (Å²) in [7, 11) is 1.53. The Morgan fingerprint density at radius 2 is 1.59 bits per heavy atom. The molecule has 0 saturated carbocycles. The number of methoxy groups -OCH3 is 1. The molecule has 3 rings (SSSR count). The van der Waals surface area contributed by atoms with Gasteiger partial charge in [0.25, 0.3) is 0 Å². The van der Waals surface area contributed by atoms with Gasteiger partial charge in [-0.1, -0.05) is 0 Å². The van der Waals surface area contributed by atoms with Crippen LogP contribution in [-0.4, -0.2) is 22.2 Å². The lowest BCUT2D eigenvalue weighted by molar-refractivity contribution is 0.381. The van der Waals surface area contributed by atoms with Crippen LogP contribution in [-0.2, 0) is 0 Å². The fourth-order valence-corrected chi connectivity index (χ4v) is 2.02. The highest BCUT2D eigenvalue weighted by atomic mass is 16.5. The van der Waals surface area contributed by atoms with E-state index in [1.165, 1.54) is 7.11 Å². The number of phenolic OH excluding ortho intramolecular Hbond substituents is 1. The Morgan fingerprint density at radius 3 is 2.24 bits per heavy atom. The summed E-state index contributed by atoms with van der Waals surface area (Å²) < 4.78 is 5.25. The van der Waals surface area contributed by atoms with Gasteiger partial charge in [0.05, 0.1) is 7.11 Å². The zero-order valence-electron chi connectivity index (χ0n) is 9.21. The van der Waals surface area contributed by atoms with E-state index in [1.807, 2.05) is 6.07 Å². The van der Waals surface area contributed by atoms with E-state index in [-0.39, 0.29) is 5.75 Å². The molecule has 17 heavy (non-hydrogen) atoms. The van der Waals surface area contributed by atoms with Gasteiger partial charge in [-0.2, -0.15) is 0 Å². The smallest absolute Gasteiger partial charge is 0.170 e. The molecule has 0 aliphatic rings. The normalized spacial score (nSPS) is 10.9. The zero-order valence-corrected chi connectivity index (χ0v) is 9.21. The number of fused-ring (bicyclic) bond motifs is 3. The number of nitrogens with zero attached hydrogens (tertiary/aromatic N) is 2. The first-order valence-corrected chi connectivity index (χ1v) is 5.21. The lowest BCUT2D eigenvalue weighted by Gasteiger charge is -2.10. The van der Waals surface area contributed by atoms with Crippen LogP contribution in [0.1, 0.15) is 0 Å². The third-order valence-electron chi connectivity index (χ3n) is 2.76. The highest BCUT2D eigenvalue weighted by Gasteiger charge is 2.14. The number of rotatable bonds is 1. The van der Waals surface area contributed by atoms with Gasteiger partial charge in [0.15, 0.2) is 11.5 Å². The van der Waals surface area contributed by atoms with E-state index in [9.17, 15) is 5.11 Å². The van der Waals surface area contributed by atoms with E-state index in [2.05, 4.69) is 9.97 Å². The van der Waals surface area contributed by atoms with Crippen LogP contribution in [0.15, 0.2) is 36.7 Å². The van der Waals surface area contributed by atoms with Gasteiger partial charge < -0.3 is 9.84 Å². The average Bonchev–Trinajstić information content (AvgIpc) is 2.40. The topological polar surface area (TPSA) is 55.2 Å². The summed E-state index contributed by atoms with van der Waals surface area (Å²) in [6.07, 6.45) is 3.38. The maximum absolute atomic E-state index is 10.2. The lowest BCUT2D eigenvalue weighted by Crippen LogP contribution is -1.91. The summed E-state index contributed by atoms with van der Waals surface area (Å²) in [5, 5.41) is 11.6. The van der Waals surface area contributed by atoms with Crippen LogP contribution in [0, 0.1) is 0 Å².